The Kier molecular flexibility index (Phi) is 10.9. The van der Waals surface area contributed by atoms with E-state index in [4.69, 9.17) is 11.3 Å². The Morgan fingerprint density at radius 2 is 1.77 bits per heavy atom. The highest BCUT2D eigenvalue weighted by Gasteiger charge is 2.39. The number of methoxy groups -OCH3 is 1. The number of rotatable bonds is 14. The summed E-state index contributed by atoms with van der Waals surface area (Å²) in [7, 11) is 2.76. The van der Waals surface area contributed by atoms with E-state index in [0.717, 1.165) is 72.7 Å². The van der Waals surface area contributed by atoms with Gasteiger partial charge in [0.15, 0.2) is 0 Å². The summed E-state index contributed by atoms with van der Waals surface area (Å²) in [5.41, 5.74) is 8.78. The van der Waals surface area contributed by atoms with E-state index in [1.54, 1.807) is 0 Å². The van der Waals surface area contributed by atoms with Crippen LogP contribution in [0.2, 0.25) is 0 Å². The molecular formula is C35H52N3OP. The average Bonchev–Trinajstić information content (AvgIpc) is 3.36. The lowest BCUT2D eigenvalue weighted by Crippen LogP contribution is -2.60. The second kappa shape index (κ2) is 14.2. The maximum Gasteiger partial charge on any atom is 0.0692 e. The second-order valence-corrected chi connectivity index (χ2v) is 13.6. The van der Waals surface area contributed by atoms with E-state index in [0.29, 0.717) is 11.6 Å². The number of fused-ring (bicyclic) bond motifs is 1. The van der Waals surface area contributed by atoms with E-state index >= 15 is 0 Å². The minimum Gasteiger partial charge on any atom is -0.385 e. The largest absolute Gasteiger partial charge is 0.385 e. The van der Waals surface area contributed by atoms with Gasteiger partial charge in [-0.2, -0.15) is 0 Å². The smallest absolute Gasteiger partial charge is 0.0692 e. The number of allylic oxidation sites excluding steroid dienone is 1. The number of hydrogen-bond acceptors (Lipinski definition) is 4. The van der Waals surface area contributed by atoms with Gasteiger partial charge in [0.2, 0.25) is 0 Å². The van der Waals surface area contributed by atoms with Crippen molar-refractivity contribution in [1.82, 2.24) is 15.1 Å². The molecule has 0 spiro atoms. The van der Waals surface area contributed by atoms with E-state index < -0.39 is 0 Å². The Bertz CT molecular complexity index is 1120. The average molecular weight is 562 g/mol. The van der Waals surface area contributed by atoms with Gasteiger partial charge in [-0.05, 0) is 61.4 Å². The van der Waals surface area contributed by atoms with E-state index in [-0.39, 0.29) is 11.6 Å². The van der Waals surface area contributed by atoms with Crippen molar-refractivity contribution in [3.8, 4) is 0 Å². The zero-order valence-corrected chi connectivity index (χ0v) is 26.6. The molecule has 5 heteroatoms. The Labute approximate surface area is 246 Å². The first-order valence-electron chi connectivity index (χ1n) is 15.3. The Morgan fingerprint density at radius 1 is 1.07 bits per heavy atom. The standard InChI is InChI=1S/C35H52N3OP/c1-8-35(26(2)3,17-22-39-7)38-20-18-37(19-21-38)29(6)33(24-30-15-13-27(4)14-16-30)36-28(5)23-34-32-12-10-9-11-31(32)25-40-34/h9-16,26,33-34,36,40H,5-6,8,17-25H2,1-4,7H3. The van der Waals surface area contributed by atoms with Gasteiger partial charge in [0.05, 0.1) is 6.04 Å². The van der Waals surface area contributed by atoms with Crippen molar-refractivity contribution in [2.75, 3.05) is 39.9 Å². The van der Waals surface area contributed by atoms with Crippen LogP contribution in [0.5, 0.6) is 0 Å². The molecule has 4 atom stereocenters. The molecular weight excluding hydrogens is 509 g/mol. The number of ether oxygens (including phenoxy) is 1. The lowest BCUT2D eigenvalue weighted by molar-refractivity contribution is -0.0154. The highest BCUT2D eigenvalue weighted by atomic mass is 31.1. The Hall–Kier alpha value is -2.13. The molecule has 2 aromatic carbocycles. The van der Waals surface area contributed by atoms with Crippen molar-refractivity contribution in [1.29, 1.82) is 0 Å². The SMILES string of the molecule is C=C(CC1PCc2ccccc21)NC(Cc1ccc(C)cc1)C(=C)N1CCN(C(CC)(CCOC)C(C)C)CC1. The lowest BCUT2D eigenvalue weighted by atomic mass is 9.79. The van der Waals surface area contributed by atoms with Gasteiger partial charge in [-0.15, -0.1) is 8.58 Å². The van der Waals surface area contributed by atoms with Crippen LogP contribution >= 0.6 is 8.58 Å². The van der Waals surface area contributed by atoms with E-state index in [1.807, 2.05) is 7.11 Å². The minimum absolute atomic E-state index is 0.135. The van der Waals surface area contributed by atoms with Crippen molar-refractivity contribution in [3.63, 3.8) is 0 Å². The lowest BCUT2D eigenvalue weighted by Gasteiger charge is -2.51. The number of benzene rings is 2. The number of piperazine rings is 1. The number of hydrogen-bond donors (Lipinski definition) is 1. The molecule has 0 amide bonds. The monoisotopic (exact) mass is 561 g/mol. The first kappa shape index (κ1) is 30.8. The second-order valence-electron chi connectivity index (χ2n) is 12.1. The van der Waals surface area contributed by atoms with Gasteiger partial charge in [0.25, 0.3) is 0 Å². The molecule has 2 aliphatic rings. The molecule has 2 aliphatic heterocycles. The van der Waals surface area contributed by atoms with E-state index in [9.17, 15) is 0 Å². The van der Waals surface area contributed by atoms with Crippen LogP contribution in [-0.4, -0.2) is 61.3 Å². The molecule has 1 saturated heterocycles. The van der Waals surface area contributed by atoms with Gasteiger partial charge in [-0.25, -0.2) is 0 Å². The van der Waals surface area contributed by atoms with Crippen molar-refractivity contribution >= 4 is 8.58 Å². The fraction of sp³-hybridized carbons (Fsp3) is 0.543. The molecule has 0 saturated carbocycles. The summed E-state index contributed by atoms with van der Waals surface area (Å²) < 4.78 is 5.53. The van der Waals surface area contributed by atoms with Gasteiger partial charge >= 0.3 is 0 Å². The molecule has 2 aromatic rings. The van der Waals surface area contributed by atoms with Gasteiger partial charge in [-0.1, -0.05) is 88.0 Å². The predicted molar refractivity (Wildman–Crippen MR) is 173 cm³/mol. The number of aryl methyl sites for hydroxylation is 1. The number of nitrogens with zero attached hydrogens (tertiary/aromatic N) is 2. The maximum absolute atomic E-state index is 5.53. The van der Waals surface area contributed by atoms with Gasteiger partial charge < -0.3 is 15.0 Å². The van der Waals surface area contributed by atoms with Gasteiger partial charge in [0.1, 0.15) is 0 Å². The first-order valence-corrected chi connectivity index (χ1v) is 16.5. The normalized spacial score (nSPS) is 20.4. The highest BCUT2D eigenvalue weighted by molar-refractivity contribution is 7.38. The third-order valence-electron chi connectivity index (χ3n) is 9.50. The molecule has 1 N–H and O–H groups in total. The zero-order chi connectivity index (χ0) is 28.7. The summed E-state index contributed by atoms with van der Waals surface area (Å²) in [5.74, 6) is 0.586. The third kappa shape index (κ3) is 7.19. The molecule has 0 bridgehead atoms. The summed E-state index contributed by atoms with van der Waals surface area (Å²) in [6.07, 6.45) is 5.35. The predicted octanol–water partition coefficient (Wildman–Crippen LogP) is 7.31. The summed E-state index contributed by atoms with van der Waals surface area (Å²) >= 11 is 0. The summed E-state index contributed by atoms with van der Waals surface area (Å²) in [6, 6.07) is 18.1. The van der Waals surface area contributed by atoms with Crippen LogP contribution in [0.1, 0.15) is 67.9 Å². The van der Waals surface area contributed by atoms with Crippen LogP contribution in [0.25, 0.3) is 0 Å². The van der Waals surface area contributed by atoms with Gasteiger partial charge in [0, 0.05) is 62.5 Å². The van der Waals surface area contributed by atoms with E-state index in [2.05, 4.69) is 97.9 Å². The van der Waals surface area contributed by atoms with Crippen LogP contribution in [0.3, 0.4) is 0 Å². The van der Waals surface area contributed by atoms with Crippen LogP contribution in [0.4, 0.5) is 0 Å². The van der Waals surface area contributed by atoms with Crippen LogP contribution in [-0.2, 0) is 17.3 Å². The fourth-order valence-electron chi connectivity index (χ4n) is 6.88. The van der Waals surface area contributed by atoms with Crippen molar-refractivity contribution in [2.45, 2.75) is 76.8 Å². The highest BCUT2D eigenvalue weighted by Crippen LogP contribution is 2.49. The zero-order valence-electron chi connectivity index (χ0n) is 25.6. The summed E-state index contributed by atoms with van der Waals surface area (Å²) in [4.78, 5) is 5.26. The molecule has 0 aromatic heterocycles. The molecule has 0 radical (unpaired) electrons. The molecule has 218 valence electrons. The van der Waals surface area contributed by atoms with Crippen molar-refractivity contribution in [2.24, 2.45) is 5.92 Å². The number of nitrogens with one attached hydrogen (secondary N) is 1. The third-order valence-corrected chi connectivity index (χ3v) is 11.1. The summed E-state index contributed by atoms with van der Waals surface area (Å²) in [6.45, 7) is 23.4. The Morgan fingerprint density at radius 3 is 2.42 bits per heavy atom. The molecule has 40 heavy (non-hydrogen) atoms. The summed E-state index contributed by atoms with van der Waals surface area (Å²) in [5, 5.41) is 3.87. The molecule has 4 unspecified atom stereocenters. The quantitative estimate of drug-likeness (QED) is 0.245. The van der Waals surface area contributed by atoms with Crippen molar-refractivity contribution in [3.05, 3.63) is 95.3 Å². The molecule has 2 heterocycles. The molecule has 0 aliphatic carbocycles. The Balaban J connectivity index is 1.44. The van der Waals surface area contributed by atoms with Crippen LogP contribution < -0.4 is 5.32 Å². The van der Waals surface area contributed by atoms with Crippen molar-refractivity contribution < 1.29 is 4.74 Å². The van der Waals surface area contributed by atoms with Gasteiger partial charge in [-0.3, -0.25) is 4.90 Å². The van der Waals surface area contributed by atoms with E-state index in [1.165, 1.54) is 34.1 Å². The van der Waals surface area contributed by atoms with Crippen LogP contribution in [0.15, 0.2) is 73.1 Å². The minimum atomic E-state index is 0.135. The molecule has 4 rings (SSSR count). The molecule has 4 nitrogen and oxygen atoms in total. The first-order chi connectivity index (χ1) is 19.3. The van der Waals surface area contributed by atoms with Crippen LogP contribution in [0, 0.1) is 12.8 Å². The fourth-order valence-corrected chi connectivity index (χ4v) is 8.56. The topological polar surface area (TPSA) is 27.7 Å². The maximum atomic E-state index is 5.53. The molecule has 1 fully saturated rings.